The predicted octanol–water partition coefficient (Wildman–Crippen LogP) is 3.63. The van der Waals surface area contributed by atoms with Gasteiger partial charge in [0, 0.05) is 38.0 Å². The van der Waals surface area contributed by atoms with Gasteiger partial charge in [-0.1, -0.05) is 30.3 Å². The first-order valence-corrected chi connectivity index (χ1v) is 10.7. The minimum absolute atomic E-state index is 0.0272. The number of piperidine rings is 1. The Labute approximate surface area is 178 Å². The van der Waals surface area contributed by atoms with Crippen LogP contribution in [0, 0.1) is 5.41 Å². The maximum atomic E-state index is 12.8. The molecule has 6 heteroatoms. The molecule has 1 aliphatic heterocycles. The number of hydrogen-bond donors (Lipinski definition) is 0. The van der Waals surface area contributed by atoms with E-state index >= 15 is 0 Å². The molecular formula is C24H31N3O3. The molecule has 0 N–H and O–H groups in total. The fourth-order valence-electron chi connectivity index (χ4n) is 4.07. The molecule has 1 amide bonds. The van der Waals surface area contributed by atoms with Gasteiger partial charge in [-0.25, -0.2) is 0 Å². The number of likely N-dealkylation sites (tertiary alicyclic amines) is 1. The molecule has 0 radical (unpaired) electrons. The Morgan fingerprint density at radius 3 is 2.57 bits per heavy atom. The highest BCUT2D eigenvalue weighted by atomic mass is 16.5. The van der Waals surface area contributed by atoms with Crippen LogP contribution in [0.25, 0.3) is 6.08 Å². The average Bonchev–Trinajstić information content (AvgIpc) is 3.18. The number of carbonyl (C=O) groups excluding carboxylic acids is 2. The van der Waals surface area contributed by atoms with E-state index in [0.29, 0.717) is 32.5 Å². The summed E-state index contributed by atoms with van der Waals surface area (Å²) >= 11 is 0. The highest BCUT2D eigenvalue weighted by Crippen LogP contribution is 2.38. The largest absolute Gasteiger partial charge is 0.466 e. The number of ether oxygens (including phenoxy) is 1. The molecule has 2 heterocycles. The number of benzene rings is 1. The molecule has 30 heavy (non-hydrogen) atoms. The predicted molar refractivity (Wildman–Crippen MR) is 117 cm³/mol. The molecule has 0 atom stereocenters. The van der Waals surface area contributed by atoms with Crippen LogP contribution in [0.5, 0.6) is 0 Å². The summed E-state index contributed by atoms with van der Waals surface area (Å²) in [4.78, 5) is 27.2. The quantitative estimate of drug-likeness (QED) is 0.493. The van der Waals surface area contributed by atoms with E-state index in [4.69, 9.17) is 4.74 Å². The number of rotatable bonds is 8. The fraction of sp³-hybridized carbons (Fsp3) is 0.458. The minimum Gasteiger partial charge on any atom is -0.466 e. The van der Waals surface area contributed by atoms with E-state index in [1.54, 1.807) is 23.0 Å². The van der Waals surface area contributed by atoms with Gasteiger partial charge in [-0.2, -0.15) is 5.10 Å². The van der Waals surface area contributed by atoms with Crippen LogP contribution in [0.4, 0.5) is 0 Å². The Bertz CT molecular complexity index is 865. The summed E-state index contributed by atoms with van der Waals surface area (Å²) in [5, 5.41) is 4.10. The molecule has 2 aromatic rings. The summed E-state index contributed by atoms with van der Waals surface area (Å²) in [5.74, 6) is -0.142. The molecule has 1 aromatic carbocycles. The lowest BCUT2D eigenvalue weighted by Gasteiger charge is -2.39. The van der Waals surface area contributed by atoms with Crippen LogP contribution in [0.3, 0.4) is 0 Å². The zero-order valence-electron chi connectivity index (χ0n) is 17.9. The van der Waals surface area contributed by atoms with Crippen LogP contribution in [0.2, 0.25) is 0 Å². The summed E-state index contributed by atoms with van der Waals surface area (Å²) in [5.41, 5.74) is 1.68. The van der Waals surface area contributed by atoms with Gasteiger partial charge in [-0.3, -0.25) is 14.3 Å². The monoisotopic (exact) mass is 409 g/mol. The maximum Gasteiger partial charge on any atom is 0.312 e. The van der Waals surface area contributed by atoms with Gasteiger partial charge in [0.25, 0.3) is 0 Å². The average molecular weight is 410 g/mol. The molecule has 0 bridgehead atoms. The van der Waals surface area contributed by atoms with Gasteiger partial charge in [-0.05, 0) is 50.7 Å². The number of aryl methyl sites for hydroxylation is 2. The third kappa shape index (κ3) is 5.59. The lowest BCUT2D eigenvalue weighted by molar-refractivity contribution is -0.160. The van der Waals surface area contributed by atoms with E-state index in [1.807, 2.05) is 43.3 Å². The van der Waals surface area contributed by atoms with Crippen molar-refractivity contribution >= 4 is 18.0 Å². The fourth-order valence-corrected chi connectivity index (χ4v) is 4.07. The number of amides is 1. The van der Waals surface area contributed by atoms with Gasteiger partial charge in [0.2, 0.25) is 5.91 Å². The standard InChI is InChI=1S/C24H31N3O3/c1-3-30-23(29)24(13-7-10-20-8-5-4-6-9-20)14-16-27(17-15-24)22(28)12-11-21-18-25-26(2)19-21/h4-6,8-9,11-12,18-19H,3,7,10,13-17H2,1-2H3. The molecule has 1 fully saturated rings. The molecular weight excluding hydrogens is 378 g/mol. The lowest BCUT2D eigenvalue weighted by Crippen LogP contribution is -2.46. The third-order valence-corrected chi connectivity index (χ3v) is 5.85. The Morgan fingerprint density at radius 1 is 1.20 bits per heavy atom. The van der Waals surface area contributed by atoms with Crippen molar-refractivity contribution in [2.45, 2.75) is 39.0 Å². The highest BCUT2D eigenvalue weighted by Gasteiger charge is 2.42. The van der Waals surface area contributed by atoms with E-state index in [-0.39, 0.29) is 11.9 Å². The minimum atomic E-state index is -0.491. The van der Waals surface area contributed by atoms with Crippen molar-refractivity contribution < 1.29 is 14.3 Å². The number of hydrogen-bond acceptors (Lipinski definition) is 4. The molecule has 0 saturated carbocycles. The van der Waals surface area contributed by atoms with Crippen LogP contribution < -0.4 is 0 Å². The van der Waals surface area contributed by atoms with Crippen molar-refractivity contribution in [3.8, 4) is 0 Å². The Kier molecular flexibility index (Phi) is 7.44. The SMILES string of the molecule is CCOC(=O)C1(CCCc2ccccc2)CCN(C(=O)C=Cc2cnn(C)c2)CC1. The molecule has 1 aromatic heterocycles. The van der Waals surface area contributed by atoms with Crippen LogP contribution in [0.15, 0.2) is 48.8 Å². The Hall–Kier alpha value is -2.89. The molecule has 0 spiro atoms. The number of aromatic nitrogens is 2. The first-order chi connectivity index (χ1) is 14.5. The second-order valence-corrected chi connectivity index (χ2v) is 7.95. The second kappa shape index (κ2) is 10.2. The smallest absolute Gasteiger partial charge is 0.312 e. The van der Waals surface area contributed by atoms with Crippen molar-refractivity contribution in [2.75, 3.05) is 19.7 Å². The Morgan fingerprint density at radius 2 is 1.93 bits per heavy atom. The lowest BCUT2D eigenvalue weighted by atomic mass is 9.74. The van der Waals surface area contributed by atoms with Crippen molar-refractivity contribution in [2.24, 2.45) is 12.5 Å². The second-order valence-electron chi connectivity index (χ2n) is 7.95. The Balaban J connectivity index is 1.58. The topological polar surface area (TPSA) is 64.4 Å². The van der Waals surface area contributed by atoms with Crippen LogP contribution in [-0.2, 0) is 27.8 Å². The molecule has 0 unspecified atom stereocenters. The number of esters is 1. The molecule has 3 rings (SSSR count). The summed E-state index contributed by atoms with van der Waals surface area (Å²) < 4.78 is 7.13. The van der Waals surface area contributed by atoms with Crippen LogP contribution in [0.1, 0.15) is 43.7 Å². The van der Waals surface area contributed by atoms with E-state index < -0.39 is 5.41 Å². The summed E-state index contributed by atoms with van der Waals surface area (Å²) in [6.45, 7) is 3.37. The number of nitrogens with zero attached hydrogens (tertiary/aromatic N) is 3. The molecule has 160 valence electrons. The molecule has 6 nitrogen and oxygen atoms in total. The van der Waals surface area contributed by atoms with Gasteiger partial charge >= 0.3 is 5.97 Å². The molecule has 0 aliphatic carbocycles. The summed E-state index contributed by atoms with van der Waals surface area (Å²) in [7, 11) is 1.84. The van der Waals surface area contributed by atoms with Crippen molar-refractivity contribution in [3.63, 3.8) is 0 Å². The summed E-state index contributed by atoms with van der Waals surface area (Å²) in [6.07, 6.45) is 10.9. The van der Waals surface area contributed by atoms with Gasteiger partial charge in [-0.15, -0.1) is 0 Å². The van der Waals surface area contributed by atoms with Gasteiger partial charge in [0.05, 0.1) is 18.2 Å². The van der Waals surface area contributed by atoms with Gasteiger partial charge < -0.3 is 9.64 Å². The van der Waals surface area contributed by atoms with Crippen LogP contribution >= 0.6 is 0 Å². The van der Waals surface area contributed by atoms with Gasteiger partial charge in [0.1, 0.15) is 0 Å². The van der Waals surface area contributed by atoms with Crippen LogP contribution in [-0.4, -0.2) is 46.3 Å². The normalized spacial score (nSPS) is 16.0. The molecule has 1 aliphatic rings. The highest BCUT2D eigenvalue weighted by molar-refractivity contribution is 5.92. The number of carbonyl (C=O) groups is 2. The van der Waals surface area contributed by atoms with E-state index in [1.165, 1.54) is 5.56 Å². The van der Waals surface area contributed by atoms with Crippen molar-refractivity contribution in [3.05, 3.63) is 59.9 Å². The van der Waals surface area contributed by atoms with Gasteiger partial charge in [0.15, 0.2) is 0 Å². The van der Waals surface area contributed by atoms with E-state index in [2.05, 4.69) is 17.2 Å². The molecule has 1 saturated heterocycles. The summed E-state index contributed by atoms with van der Waals surface area (Å²) in [6, 6.07) is 10.3. The first-order valence-electron chi connectivity index (χ1n) is 10.7. The van der Waals surface area contributed by atoms with Crippen molar-refractivity contribution in [1.82, 2.24) is 14.7 Å². The zero-order chi connectivity index (χ0) is 21.4. The zero-order valence-corrected chi connectivity index (χ0v) is 17.9. The maximum absolute atomic E-state index is 12.8. The first kappa shape index (κ1) is 21.8. The van der Waals surface area contributed by atoms with Crippen molar-refractivity contribution in [1.29, 1.82) is 0 Å². The van der Waals surface area contributed by atoms with E-state index in [0.717, 1.165) is 24.8 Å². The third-order valence-electron chi connectivity index (χ3n) is 5.85. The van der Waals surface area contributed by atoms with E-state index in [9.17, 15) is 9.59 Å².